The molecule has 19 heavy (non-hydrogen) atoms. The number of methoxy groups -OCH3 is 1. The second kappa shape index (κ2) is 5.36. The number of aliphatic hydroxyl groups is 1. The van der Waals surface area contributed by atoms with Gasteiger partial charge in [-0.05, 0) is 42.3 Å². The van der Waals surface area contributed by atoms with Crippen LogP contribution in [0.3, 0.4) is 0 Å². The smallest absolute Gasteiger partial charge is 0.129 e. The second-order valence-electron chi connectivity index (χ2n) is 4.30. The van der Waals surface area contributed by atoms with Crippen LogP contribution in [-0.2, 0) is 0 Å². The molecule has 0 bridgehead atoms. The summed E-state index contributed by atoms with van der Waals surface area (Å²) in [5, 5.41) is 10.1. The minimum atomic E-state index is -1.21. The molecule has 2 aromatic carbocycles. The number of benzene rings is 2. The molecule has 2 rings (SSSR count). The molecule has 0 aliphatic carbocycles. The Morgan fingerprint density at radius 1 is 1.05 bits per heavy atom. The Hall–Kier alpha value is -1.94. The summed E-state index contributed by atoms with van der Waals surface area (Å²) in [6.07, 6.45) is -1.21. The summed E-state index contributed by atoms with van der Waals surface area (Å²) in [5.74, 6) is -0.530. The maximum atomic E-state index is 13.8. The lowest BCUT2D eigenvalue weighted by molar-refractivity contribution is 0.214. The molecular weight excluding hydrogens is 250 g/mol. The number of halogens is 2. The van der Waals surface area contributed by atoms with Crippen LogP contribution in [0.25, 0.3) is 0 Å². The van der Waals surface area contributed by atoms with Gasteiger partial charge in [0.25, 0.3) is 0 Å². The number of rotatable bonds is 3. The topological polar surface area (TPSA) is 29.5 Å². The Kier molecular flexibility index (Phi) is 3.81. The summed E-state index contributed by atoms with van der Waals surface area (Å²) in [4.78, 5) is 0. The predicted molar refractivity (Wildman–Crippen MR) is 68.2 cm³/mol. The lowest BCUT2D eigenvalue weighted by Gasteiger charge is -2.14. The van der Waals surface area contributed by atoms with E-state index in [4.69, 9.17) is 4.74 Å². The first kappa shape index (κ1) is 13.5. The quantitative estimate of drug-likeness (QED) is 0.921. The SMILES string of the molecule is COc1ccc(C(O)c2cc(F)c(C)cc2F)cc1. The van der Waals surface area contributed by atoms with Gasteiger partial charge in [0.15, 0.2) is 0 Å². The number of aliphatic hydroxyl groups excluding tert-OH is 1. The second-order valence-corrected chi connectivity index (χ2v) is 4.30. The van der Waals surface area contributed by atoms with Crippen molar-refractivity contribution in [2.24, 2.45) is 0 Å². The Morgan fingerprint density at radius 3 is 2.26 bits per heavy atom. The zero-order chi connectivity index (χ0) is 14.0. The fraction of sp³-hybridized carbons (Fsp3) is 0.200. The molecule has 0 saturated heterocycles. The molecule has 0 aliphatic heterocycles. The van der Waals surface area contributed by atoms with Gasteiger partial charge in [0.2, 0.25) is 0 Å². The van der Waals surface area contributed by atoms with E-state index in [1.54, 1.807) is 24.3 Å². The maximum absolute atomic E-state index is 13.8. The summed E-state index contributed by atoms with van der Waals surface area (Å²) in [6, 6.07) is 8.64. The third-order valence-corrected chi connectivity index (χ3v) is 3.00. The predicted octanol–water partition coefficient (Wildman–Crippen LogP) is 3.36. The van der Waals surface area contributed by atoms with Gasteiger partial charge in [0, 0.05) is 5.56 Å². The zero-order valence-corrected chi connectivity index (χ0v) is 10.7. The van der Waals surface area contributed by atoms with Crippen LogP contribution < -0.4 is 4.74 Å². The van der Waals surface area contributed by atoms with Crippen LogP contribution in [0.15, 0.2) is 36.4 Å². The van der Waals surface area contributed by atoms with E-state index in [1.165, 1.54) is 14.0 Å². The number of aryl methyl sites for hydroxylation is 1. The summed E-state index contributed by atoms with van der Waals surface area (Å²) in [5.41, 5.74) is 0.611. The first-order chi connectivity index (χ1) is 9.02. The Labute approximate surface area is 110 Å². The average molecular weight is 264 g/mol. The zero-order valence-electron chi connectivity index (χ0n) is 10.7. The van der Waals surface area contributed by atoms with E-state index in [1.807, 2.05) is 0 Å². The highest BCUT2D eigenvalue weighted by Gasteiger charge is 2.17. The van der Waals surface area contributed by atoms with Crippen LogP contribution in [0.2, 0.25) is 0 Å². The minimum absolute atomic E-state index is 0.0757. The molecule has 2 aromatic rings. The van der Waals surface area contributed by atoms with E-state index in [9.17, 15) is 13.9 Å². The highest BCUT2D eigenvalue weighted by Crippen LogP contribution is 2.27. The summed E-state index contributed by atoms with van der Waals surface area (Å²) in [6.45, 7) is 1.47. The van der Waals surface area contributed by atoms with Crippen molar-refractivity contribution in [1.82, 2.24) is 0 Å². The summed E-state index contributed by atoms with van der Waals surface area (Å²) in [7, 11) is 1.53. The number of hydrogen-bond acceptors (Lipinski definition) is 2. The van der Waals surface area contributed by atoms with Crippen LogP contribution in [0.1, 0.15) is 22.8 Å². The van der Waals surface area contributed by atoms with E-state index >= 15 is 0 Å². The fourth-order valence-electron chi connectivity index (χ4n) is 1.84. The van der Waals surface area contributed by atoms with E-state index in [0.717, 1.165) is 12.1 Å². The monoisotopic (exact) mass is 264 g/mol. The molecule has 0 radical (unpaired) electrons. The number of ether oxygens (including phenoxy) is 1. The molecule has 1 unspecified atom stereocenters. The van der Waals surface area contributed by atoms with Crippen LogP contribution in [0.4, 0.5) is 8.78 Å². The van der Waals surface area contributed by atoms with Gasteiger partial charge >= 0.3 is 0 Å². The van der Waals surface area contributed by atoms with Gasteiger partial charge in [-0.15, -0.1) is 0 Å². The third-order valence-electron chi connectivity index (χ3n) is 3.00. The summed E-state index contributed by atoms with van der Waals surface area (Å²) < 4.78 is 32.2. The van der Waals surface area contributed by atoms with Crippen molar-refractivity contribution < 1.29 is 18.6 Å². The normalized spacial score (nSPS) is 12.3. The lowest BCUT2D eigenvalue weighted by Crippen LogP contribution is -2.04. The fourth-order valence-corrected chi connectivity index (χ4v) is 1.84. The molecular formula is C15H14F2O2. The van der Waals surface area contributed by atoms with Gasteiger partial charge in [-0.1, -0.05) is 12.1 Å². The molecule has 0 amide bonds. The van der Waals surface area contributed by atoms with E-state index in [2.05, 4.69) is 0 Å². The van der Waals surface area contributed by atoms with Crippen molar-refractivity contribution in [2.45, 2.75) is 13.0 Å². The van der Waals surface area contributed by atoms with Gasteiger partial charge in [-0.3, -0.25) is 0 Å². The molecule has 0 fully saturated rings. The van der Waals surface area contributed by atoms with Gasteiger partial charge in [-0.25, -0.2) is 8.78 Å². The highest BCUT2D eigenvalue weighted by atomic mass is 19.1. The minimum Gasteiger partial charge on any atom is -0.497 e. The molecule has 1 N–H and O–H groups in total. The van der Waals surface area contributed by atoms with Crippen molar-refractivity contribution in [2.75, 3.05) is 7.11 Å². The van der Waals surface area contributed by atoms with Gasteiger partial charge in [-0.2, -0.15) is 0 Å². The van der Waals surface area contributed by atoms with Crippen LogP contribution in [-0.4, -0.2) is 12.2 Å². The molecule has 0 aliphatic rings. The Morgan fingerprint density at radius 2 is 1.68 bits per heavy atom. The molecule has 100 valence electrons. The Bertz CT molecular complexity index is 579. The molecule has 0 aromatic heterocycles. The first-order valence-electron chi connectivity index (χ1n) is 5.80. The van der Waals surface area contributed by atoms with Crippen LogP contribution in [0, 0.1) is 18.6 Å². The van der Waals surface area contributed by atoms with Crippen molar-refractivity contribution >= 4 is 0 Å². The largest absolute Gasteiger partial charge is 0.497 e. The molecule has 4 heteroatoms. The van der Waals surface area contributed by atoms with Gasteiger partial charge in [0.1, 0.15) is 23.5 Å². The Balaban J connectivity index is 2.37. The van der Waals surface area contributed by atoms with E-state index in [0.29, 0.717) is 11.3 Å². The van der Waals surface area contributed by atoms with Gasteiger partial charge < -0.3 is 9.84 Å². The maximum Gasteiger partial charge on any atom is 0.129 e. The van der Waals surface area contributed by atoms with E-state index in [-0.39, 0.29) is 11.1 Å². The highest BCUT2D eigenvalue weighted by molar-refractivity contribution is 5.36. The van der Waals surface area contributed by atoms with Crippen molar-refractivity contribution in [1.29, 1.82) is 0 Å². The van der Waals surface area contributed by atoms with Crippen LogP contribution in [0.5, 0.6) is 5.75 Å². The standard InChI is InChI=1S/C15H14F2O2/c1-9-7-14(17)12(8-13(9)16)15(18)10-3-5-11(19-2)6-4-10/h3-8,15,18H,1-2H3. The molecule has 1 atom stereocenters. The van der Waals surface area contributed by atoms with E-state index < -0.39 is 17.7 Å². The summed E-state index contributed by atoms with van der Waals surface area (Å²) >= 11 is 0. The molecule has 0 spiro atoms. The van der Waals surface area contributed by atoms with Crippen molar-refractivity contribution in [3.63, 3.8) is 0 Å². The molecule has 0 heterocycles. The average Bonchev–Trinajstić information content (AvgIpc) is 2.42. The van der Waals surface area contributed by atoms with Gasteiger partial charge in [0.05, 0.1) is 7.11 Å². The van der Waals surface area contributed by atoms with Crippen molar-refractivity contribution in [3.05, 3.63) is 64.7 Å². The lowest BCUT2D eigenvalue weighted by atomic mass is 9.99. The van der Waals surface area contributed by atoms with Crippen molar-refractivity contribution in [3.8, 4) is 5.75 Å². The van der Waals surface area contributed by atoms with Crippen LogP contribution >= 0.6 is 0 Å². The first-order valence-corrected chi connectivity index (χ1v) is 5.80. The third kappa shape index (κ3) is 2.74. The molecule has 0 saturated carbocycles. The number of hydrogen-bond donors (Lipinski definition) is 1. The molecule has 2 nitrogen and oxygen atoms in total.